The quantitative estimate of drug-likeness (QED) is 0.465. The van der Waals surface area contributed by atoms with Crippen LogP contribution >= 0.6 is 11.3 Å². The highest BCUT2D eigenvalue weighted by Crippen LogP contribution is 2.28. The van der Waals surface area contributed by atoms with E-state index in [0.717, 1.165) is 37.9 Å². The SMILES string of the molecule is CN=C(NCCCC1CCCC1)NCC(=O)N1CCc2sccc2C1. The fourth-order valence-corrected chi connectivity index (χ4v) is 4.74. The van der Waals surface area contributed by atoms with Crippen LogP contribution in [0.1, 0.15) is 49.0 Å². The van der Waals surface area contributed by atoms with Gasteiger partial charge in [-0.05, 0) is 42.2 Å². The number of amides is 1. The summed E-state index contributed by atoms with van der Waals surface area (Å²) in [5.74, 6) is 1.80. The van der Waals surface area contributed by atoms with Gasteiger partial charge in [0.2, 0.25) is 5.91 Å². The molecule has 138 valence electrons. The highest BCUT2D eigenvalue weighted by atomic mass is 32.1. The molecule has 25 heavy (non-hydrogen) atoms. The lowest BCUT2D eigenvalue weighted by atomic mass is 10.0. The summed E-state index contributed by atoms with van der Waals surface area (Å²) in [6, 6.07) is 2.14. The van der Waals surface area contributed by atoms with Gasteiger partial charge in [0, 0.05) is 31.6 Å². The van der Waals surface area contributed by atoms with Crippen molar-refractivity contribution in [2.45, 2.75) is 51.5 Å². The molecule has 0 spiro atoms. The minimum atomic E-state index is 0.144. The molecule has 1 aliphatic carbocycles. The van der Waals surface area contributed by atoms with Gasteiger partial charge in [-0.25, -0.2) is 0 Å². The van der Waals surface area contributed by atoms with Crippen molar-refractivity contribution < 1.29 is 4.79 Å². The predicted octanol–water partition coefficient (Wildman–Crippen LogP) is 2.77. The summed E-state index contributed by atoms with van der Waals surface area (Å²) in [5, 5.41) is 8.62. The first-order valence-electron chi connectivity index (χ1n) is 9.54. The monoisotopic (exact) mass is 362 g/mol. The summed E-state index contributed by atoms with van der Waals surface area (Å²) >= 11 is 1.80. The molecule has 2 N–H and O–H groups in total. The first kappa shape index (κ1) is 18.2. The van der Waals surface area contributed by atoms with Gasteiger partial charge in [-0.1, -0.05) is 25.7 Å². The molecule has 0 saturated heterocycles. The Balaban J connectivity index is 1.34. The van der Waals surface area contributed by atoms with Crippen LogP contribution in [0.3, 0.4) is 0 Å². The minimum Gasteiger partial charge on any atom is -0.356 e. The van der Waals surface area contributed by atoms with Gasteiger partial charge in [-0.3, -0.25) is 9.79 Å². The van der Waals surface area contributed by atoms with Crippen LogP contribution < -0.4 is 10.6 Å². The molecule has 5 nitrogen and oxygen atoms in total. The Morgan fingerprint density at radius 2 is 2.20 bits per heavy atom. The Hall–Kier alpha value is -1.56. The summed E-state index contributed by atoms with van der Waals surface area (Å²) < 4.78 is 0. The maximum Gasteiger partial charge on any atom is 0.242 e. The Morgan fingerprint density at radius 3 is 3.00 bits per heavy atom. The standard InChI is InChI=1S/C19H30N4OS/c1-20-19(21-10-4-7-15-5-2-3-6-15)22-13-18(24)23-11-8-17-16(14-23)9-12-25-17/h9,12,15H,2-8,10-11,13-14H2,1H3,(H2,20,21,22). The van der Waals surface area contributed by atoms with Crippen LogP contribution in [0, 0.1) is 5.92 Å². The number of guanidine groups is 1. The molecule has 6 heteroatoms. The van der Waals surface area contributed by atoms with Gasteiger partial charge < -0.3 is 15.5 Å². The van der Waals surface area contributed by atoms with Crippen molar-refractivity contribution in [2.75, 3.05) is 26.7 Å². The van der Waals surface area contributed by atoms with Gasteiger partial charge in [0.05, 0.1) is 6.54 Å². The van der Waals surface area contributed by atoms with E-state index < -0.39 is 0 Å². The summed E-state index contributed by atoms with van der Waals surface area (Å²) in [6.07, 6.45) is 9.09. The van der Waals surface area contributed by atoms with E-state index in [2.05, 4.69) is 27.1 Å². The van der Waals surface area contributed by atoms with E-state index in [9.17, 15) is 4.79 Å². The maximum absolute atomic E-state index is 12.4. The number of carbonyl (C=O) groups is 1. The molecule has 1 amide bonds. The van der Waals surface area contributed by atoms with Crippen molar-refractivity contribution in [3.8, 4) is 0 Å². The number of thiophene rings is 1. The molecule has 3 rings (SSSR count). The molecule has 1 aliphatic heterocycles. The van der Waals surface area contributed by atoms with Crippen LogP contribution in [-0.2, 0) is 17.8 Å². The normalized spacial score (nSPS) is 18.3. The first-order chi connectivity index (χ1) is 12.3. The molecule has 0 unspecified atom stereocenters. The number of hydrogen-bond acceptors (Lipinski definition) is 3. The molecular weight excluding hydrogens is 332 g/mol. The number of rotatable bonds is 6. The van der Waals surface area contributed by atoms with Gasteiger partial charge in [0.1, 0.15) is 0 Å². The zero-order valence-electron chi connectivity index (χ0n) is 15.2. The van der Waals surface area contributed by atoms with Gasteiger partial charge >= 0.3 is 0 Å². The third kappa shape index (κ3) is 5.21. The molecule has 1 fully saturated rings. The third-order valence-corrected chi connectivity index (χ3v) is 6.37. The average Bonchev–Trinajstić information content (AvgIpc) is 3.31. The largest absolute Gasteiger partial charge is 0.356 e. The number of nitrogens with one attached hydrogen (secondary N) is 2. The summed E-state index contributed by atoms with van der Waals surface area (Å²) in [5.41, 5.74) is 1.30. The van der Waals surface area contributed by atoms with Crippen molar-refractivity contribution in [2.24, 2.45) is 10.9 Å². The average molecular weight is 363 g/mol. The van der Waals surface area contributed by atoms with E-state index in [1.54, 1.807) is 18.4 Å². The molecule has 0 atom stereocenters. The van der Waals surface area contributed by atoms with E-state index >= 15 is 0 Å². The molecule has 1 aromatic rings. The van der Waals surface area contributed by atoms with Crippen LogP contribution in [0.5, 0.6) is 0 Å². The fourth-order valence-electron chi connectivity index (χ4n) is 3.85. The molecule has 2 heterocycles. The van der Waals surface area contributed by atoms with Crippen LogP contribution in [0.4, 0.5) is 0 Å². The Labute approximate surface area is 154 Å². The van der Waals surface area contributed by atoms with Crippen LogP contribution in [0.2, 0.25) is 0 Å². The molecule has 1 aromatic heterocycles. The second-order valence-corrected chi connectivity index (χ2v) is 8.08. The third-order valence-electron chi connectivity index (χ3n) is 5.35. The number of aliphatic imine (C=N–C) groups is 1. The molecular formula is C19H30N4OS. The van der Waals surface area contributed by atoms with E-state index in [1.165, 1.54) is 49.0 Å². The lowest BCUT2D eigenvalue weighted by Gasteiger charge is -2.27. The zero-order valence-corrected chi connectivity index (χ0v) is 16.0. The predicted molar refractivity (Wildman–Crippen MR) is 104 cm³/mol. The first-order valence-corrected chi connectivity index (χ1v) is 10.4. The van der Waals surface area contributed by atoms with E-state index in [4.69, 9.17) is 0 Å². The van der Waals surface area contributed by atoms with Gasteiger partial charge in [0.15, 0.2) is 5.96 Å². The van der Waals surface area contributed by atoms with Crippen LogP contribution in [-0.4, -0.2) is 43.4 Å². The van der Waals surface area contributed by atoms with Crippen molar-refractivity contribution >= 4 is 23.2 Å². The number of nitrogens with zero attached hydrogens (tertiary/aromatic N) is 2. The number of hydrogen-bond donors (Lipinski definition) is 2. The Kier molecular flexibility index (Phi) is 6.73. The highest BCUT2D eigenvalue weighted by molar-refractivity contribution is 7.10. The molecule has 1 saturated carbocycles. The zero-order chi connectivity index (χ0) is 17.5. The van der Waals surface area contributed by atoms with E-state index in [0.29, 0.717) is 6.54 Å². The minimum absolute atomic E-state index is 0.144. The fraction of sp³-hybridized carbons (Fsp3) is 0.684. The second-order valence-electron chi connectivity index (χ2n) is 7.08. The van der Waals surface area contributed by atoms with Gasteiger partial charge in [-0.2, -0.15) is 0 Å². The summed E-state index contributed by atoms with van der Waals surface area (Å²) in [6.45, 7) is 2.79. The van der Waals surface area contributed by atoms with Crippen molar-refractivity contribution in [3.63, 3.8) is 0 Å². The molecule has 0 radical (unpaired) electrons. The number of fused-ring (bicyclic) bond motifs is 1. The van der Waals surface area contributed by atoms with Crippen molar-refractivity contribution in [3.05, 3.63) is 21.9 Å². The second kappa shape index (κ2) is 9.22. The highest BCUT2D eigenvalue weighted by Gasteiger charge is 2.21. The Morgan fingerprint density at radius 1 is 1.36 bits per heavy atom. The van der Waals surface area contributed by atoms with Crippen LogP contribution in [0.15, 0.2) is 16.4 Å². The summed E-state index contributed by atoms with van der Waals surface area (Å²) in [4.78, 5) is 20.0. The number of carbonyl (C=O) groups excluding carboxylic acids is 1. The van der Waals surface area contributed by atoms with Gasteiger partial charge in [0.25, 0.3) is 0 Å². The molecule has 2 aliphatic rings. The maximum atomic E-state index is 12.4. The summed E-state index contributed by atoms with van der Waals surface area (Å²) in [7, 11) is 1.76. The lowest BCUT2D eigenvalue weighted by molar-refractivity contribution is -0.130. The van der Waals surface area contributed by atoms with Crippen LogP contribution in [0.25, 0.3) is 0 Å². The van der Waals surface area contributed by atoms with Gasteiger partial charge in [-0.15, -0.1) is 11.3 Å². The smallest absolute Gasteiger partial charge is 0.242 e. The Bertz CT molecular complexity index is 592. The molecule has 0 bridgehead atoms. The molecule has 0 aromatic carbocycles. The van der Waals surface area contributed by atoms with E-state index in [-0.39, 0.29) is 5.91 Å². The van der Waals surface area contributed by atoms with E-state index in [1.807, 2.05) is 4.90 Å². The topological polar surface area (TPSA) is 56.7 Å². The van der Waals surface area contributed by atoms with Crippen molar-refractivity contribution in [1.82, 2.24) is 15.5 Å². The lowest BCUT2D eigenvalue weighted by Crippen LogP contribution is -2.45. The van der Waals surface area contributed by atoms with Crippen molar-refractivity contribution in [1.29, 1.82) is 0 Å².